The Morgan fingerprint density at radius 1 is 0.450 bits per heavy atom. The lowest BCUT2D eigenvalue weighted by Gasteiger charge is -2.31. The SMILES string of the molecule is C[N+](C)(CCCCCC[N+](C)(C)c1ccc2c(c1)Cc1ccccc1-2)c1ccc2c(c1)Cc1ccccc1-2.[Br-].[Br-]. The number of quaternary nitrogens is 2. The molecule has 0 amide bonds. The highest BCUT2D eigenvalue weighted by atomic mass is 79.9. The fourth-order valence-electron chi connectivity index (χ4n) is 6.64. The first-order chi connectivity index (χ1) is 18.3. The monoisotopic (exact) mass is 660 g/mol. The summed E-state index contributed by atoms with van der Waals surface area (Å²) >= 11 is 0. The van der Waals surface area contributed by atoms with E-state index in [1.54, 1.807) is 0 Å². The molecule has 6 rings (SSSR count). The van der Waals surface area contributed by atoms with Crippen LogP contribution in [0, 0.1) is 0 Å². The fourth-order valence-corrected chi connectivity index (χ4v) is 6.64. The van der Waals surface area contributed by atoms with Crippen molar-refractivity contribution >= 4 is 11.4 Å². The zero-order valence-electron chi connectivity index (χ0n) is 24.4. The third-order valence-corrected chi connectivity index (χ3v) is 9.14. The number of benzene rings is 4. The van der Waals surface area contributed by atoms with Crippen LogP contribution in [-0.4, -0.2) is 41.3 Å². The van der Waals surface area contributed by atoms with Gasteiger partial charge in [-0.05, 0) is 107 Å². The van der Waals surface area contributed by atoms with Gasteiger partial charge in [-0.3, -0.25) is 8.97 Å². The van der Waals surface area contributed by atoms with Crippen molar-refractivity contribution in [3.8, 4) is 22.3 Å². The van der Waals surface area contributed by atoms with Crippen LogP contribution >= 0.6 is 0 Å². The molecule has 4 aromatic carbocycles. The molecule has 4 aromatic rings. The summed E-state index contributed by atoms with van der Waals surface area (Å²) in [5, 5.41) is 0. The molecule has 0 heterocycles. The largest absolute Gasteiger partial charge is 1.00 e. The van der Waals surface area contributed by atoms with Gasteiger partial charge >= 0.3 is 0 Å². The number of hydrogen-bond acceptors (Lipinski definition) is 0. The molecule has 0 N–H and O–H groups in total. The Morgan fingerprint density at radius 3 is 1.25 bits per heavy atom. The van der Waals surface area contributed by atoms with E-state index in [1.165, 1.54) is 94.7 Å². The highest BCUT2D eigenvalue weighted by molar-refractivity contribution is 5.79. The second kappa shape index (κ2) is 12.3. The van der Waals surface area contributed by atoms with Gasteiger partial charge in [0, 0.05) is 12.1 Å². The highest BCUT2D eigenvalue weighted by Gasteiger charge is 2.25. The van der Waals surface area contributed by atoms with Crippen molar-refractivity contribution in [2.75, 3.05) is 41.3 Å². The van der Waals surface area contributed by atoms with Crippen LogP contribution in [-0.2, 0) is 12.8 Å². The Hall–Kier alpha value is -2.24. The predicted molar refractivity (Wildman–Crippen MR) is 165 cm³/mol. The van der Waals surface area contributed by atoms with Crippen molar-refractivity contribution in [1.29, 1.82) is 0 Å². The number of halogens is 2. The van der Waals surface area contributed by atoms with Crippen molar-refractivity contribution in [3.63, 3.8) is 0 Å². The molecule has 0 fully saturated rings. The molecular weight excluding hydrogens is 620 g/mol. The standard InChI is InChI=1S/C36H42N2.2BrH/c1-37(2,31-17-19-35-29(25-31)23-27-13-7-9-15-33(27)35)21-11-5-6-12-22-38(3,4)32-18-20-36-30(26-32)24-28-14-8-10-16-34(28)36;;/h7-10,13-20,25-26H,5-6,11-12,21-24H2,1-4H3;2*1H/q+2;;/p-2. The summed E-state index contributed by atoms with van der Waals surface area (Å²) in [5.74, 6) is 0. The first kappa shape index (κ1) is 30.7. The maximum absolute atomic E-state index is 2.46. The molecule has 0 saturated heterocycles. The van der Waals surface area contributed by atoms with Crippen molar-refractivity contribution in [2.24, 2.45) is 0 Å². The van der Waals surface area contributed by atoms with Gasteiger partial charge < -0.3 is 34.0 Å². The first-order valence-electron chi connectivity index (χ1n) is 14.4. The van der Waals surface area contributed by atoms with Crippen molar-refractivity contribution in [1.82, 2.24) is 8.97 Å². The molecule has 0 bridgehead atoms. The lowest BCUT2D eigenvalue weighted by atomic mass is 10.0. The minimum absolute atomic E-state index is 0. The number of fused-ring (bicyclic) bond motifs is 6. The van der Waals surface area contributed by atoms with E-state index in [4.69, 9.17) is 0 Å². The second-order valence-corrected chi connectivity index (χ2v) is 12.6. The van der Waals surface area contributed by atoms with Gasteiger partial charge in [-0.15, -0.1) is 0 Å². The van der Waals surface area contributed by atoms with Crippen LogP contribution in [0.5, 0.6) is 0 Å². The summed E-state index contributed by atoms with van der Waals surface area (Å²) in [6.07, 6.45) is 7.30. The number of unbranched alkanes of at least 4 members (excludes halogenated alkanes) is 3. The van der Waals surface area contributed by atoms with E-state index >= 15 is 0 Å². The van der Waals surface area contributed by atoms with Crippen LogP contribution in [0.2, 0.25) is 0 Å². The topological polar surface area (TPSA) is 0 Å². The molecule has 0 unspecified atom stereocenters. The molecule has 2 aliphatic carbocycles. The van der Waals surface area contributed by atoms with Gasteiger partial charge in [-0.1, -0.05) is 48.5 Å². The third-order valence-electron chi connectivity index (χ3n) is 9.14. The van der Waals surface area contributed by atoms with Gasteiger partial charge in [0.05, 0.1) is 41.3 Å². The van der Waals surface area contributed by atoms with Crippen molar-refractivity contribution < 1.29 is 34.0 Å². The van der Waals surface area contributed by atoms with E-state index < -0.39 is 0 Å². The minimum atomic E-state index is 0. The molecule has 40 heavy (non-hydrogen) atoms. The molecule has 210 valence electrons. The zero-order valence-corrected chi connectivity index (χ0v) is 27.6. The average Bonchev–Trinajstić information content (AvgIpc) is 3.48. The summed E-state index contributed by atoms with van der Waals surface area (Å²) in [4.78, 5) is 0. The Bertz CT molecular complexity index is 1380. The summed E-state index contributed by atoms with van der Waals surface area (Å²) < 4.78 is 1.92. The Labute approximate surface area is 262 Å². The molecule has 2 nitrogen and oxygen atoms in total. The van der Waals surface area contributed by atoms with Crippen LogP contribution in [0.1, 0.15) is 47.9 Å². The Morgan fingerprint density at radius 2 is 0.825 bits per heavy atom. The summed E-state index contributed by atoms with van der Waals surface area (Å²) in [5.41, 5.74) is 14.5. The zero-order chi connectivity index (χ0) is 26.3. The molecule has 0 saturated carbocycles. The normalized spacial score (nSPS) is 13.0. The van der Waals surface area contributed by atoms with Crippen LogP contribution in [0.15, 0.2) is 84.9 Å². The summed E-state index contributed by atoms with van der Waals surface area (Å²) in [6.45, 7) is 2.38. The van der Waals surface area contributed by atoms with Gasteiger partial charge in [0.1, 0.15) is 11.4 Å². The van der Waals surface area contributed by atoms with Gasteiger partial charge in [-0.25, -0.2) is 0 Å². The lowest BCUT2D eigenvalue weighted by Crippen LogP contribution is -3.00. The number of rotatable bonds is 9. The van der Waals surface area contributed by atoms with Crippen molar-refractivity contribution in [3.05, 3.63) is 107 Å². The maximum atomic E-state index is 2.46. The second-order valence-electron chi connectivity index (χ2n) is 12.6. The van der Waals surface area contributed by atoms with Gasteiger partial charge in [0.2, 0.25) is 0 Å². The van der Waals surface area contributed by atoms with Crippen LogP contribution in [0.4, 0.5) is 11.4 Å². The van der Waals surface area contributed by atoms with Gasteiger partial charge in [-0.2, -0.15) is 0 Å². The molecule has 0 aromatic heterocycles. The predicted octanol–water partition coefficient (Wildman–Crippen LogP) is 2.23. The fraction of sp³-hybridized carbons (Fsp3) is 0.333. The van der Waals surface area contributed by atoms with Gasteiger partial charge in [0.15, 0.2) is 0 Å². The lowest BCUT2D eigenvalue weighted by molar-refractivity contribution is -0.001000. The van der Waals surface area contributed by atoms with E-state index in [0.29, 0.717) is 0 Å². The molecular formula is C36H42Br2N2. The van der Waals surface area contributed by atoms with E-state index in [-0.39, 0.29) is 34.0 Å². The van der Waals surface area contributed by atoms with Crippen LogP contribution < -0.4 is 42.9 Å². The Balaban J connectivity index is 0.00000185. The van der Waals surface area contributed by atoms with Crippen LogP contribution in [0.3, 0.4) is 0 Å². The molecule has 0 radical (unpaired) electrons. The minimum Gasteiger partial charge on any atom is -1.00 e. The van der Waals surface area contributed by atoms with Crippen LogP contribution in [0.25, 0.3) is 22.3 Å². The smallest absolute Gasteiger partial charge is 0.132 e. The summed E-state index contributed by atoms with van der Waals surface area (Å²) in [7, 11) is 9.48. The molecule has 4 heteroatoms. The third kappa shape index (κ3) is 6.01. The van der Waals surface area contributed by atoms with E-state index in [0.717, 1.165) is 21.8 Å². The number of nitrogens with zero attached hydrogens (tertiary/aromatic N) is 2. The van der Waals surface area contributed by atoms with E-state index in [9.17, 15) is 0 Å². The summed E-state index contributed by atoms with van der Waals surface area (Å²) in [6, 6.07) is 32.1. The van der Waals surface area contributed by atoms with E-state index in [2.05, 4.69) is 113 Å². The maximum Gasteiger partial charge on any atom is 0.132 e. The first-order valence-corrected chi connectivity index (χ1v) is 14.4. The molecule has 0 aliphatic heterocycles. The van der Waals surface area contributed by atoms with Crippen molar-refractivity contribution in [2.45, 2.75) is 38.5 Å². The highest BCUT2D eigenvalue weighted by Crippen LogP contribution is 2.40. The average molecular weight is 663 g/mol. The van der Waals surface area contributed by atoms with E-state index in [1.807, 2.05) is 0 Å². The molecule has 0 spiro atoms. The van der Waals surface area contributed by atoms with Gasteiger partial charge in [0.25, 0.3) is 0 Å². The molecule has 2 aliphatic rings. The molecule has 0 atom stereocenters. The quantitative estimate of drug-likeness (QED) is 0.165. The Kier molecular flexibility index (Phi) is 9.46. The number of hydrogen-bond donors (Lipinski definition) is 0.